The van der Waals surface area contributed by atoms with Crippen LogP contribution in [-0.4, -0.2) is 0 Å². The largest absolute Gasteiger partial charge is 0.0776 e. The Morgan fingerprint density at radius 3 is 1.11 bits per heavy atom. The lowest BCUT2D eigenvalue weighted by Crippen LogP contribution is -1.90. The van der Waals surface area contributed by atoms with E-state index < -0.39 is 0 Å². The van der Waals surface area contributed by atoms with Gasteiger partial charge in [-0.15, -0.1) is 0 Å². The lowest BCUT2D eigenvalue weighted by Gasteiger charge is -2.05. The molecule has 56 valence electrons. The molecule has 0 heteroatoms. The van der Waals surface area contributed by atoms with Gasteiger partial charge in [0.05, 0.1) is 0 Å². The van der Waals surface area contributed by atoms with E-state index in [4.69, 9.17) is 0 Å². The van der Waals surface area contributed by atoms with Crippen molar-refractivity contribution in [1.82, 2.24) is 0 Å². The minimum atomic E-state index is 0. The lowest BCUT2D eigenvalue weighted by molar-refractivity contribution is 0.480. The summed E-state index contributed by atoms with van der Waals surface area (Å²) >= 11 is 0. The van der Waals surface area contributed by atoms with Crippen LogP contribution in [-0.2, 0) is 0 Å². The molecular weight excluding hydrogens is 108 g/mol. The second kappa shape index (κ2) is 3.24. The van der Waals surface area contributed by atoms with Gasteiger partial charge in [-0.1, -0.05) is 40.5 Å². The topological polar surface area (TPSA) is 0 Å². The molecule has 2 aliphatic carbocycles. The average molecular weight is 128 g/mol. The highest BCUT2D eigenvalue weighted by atomic mass is 14.4. The summed E-state index contributed by atoms with van der Waals surface area (Å²) in [7, 11) is 0. The molecule has 2 bridgehead atoms. The molecule has 0 nitrogen and oxygen atoms in total. The van der Waals surface area contributed by atoms with Crippen LogP contribution in [0.15, 0.2) is 0 Å². The number of hydrogen-bond donors (Lipinski definition) is 0. The first-order valence-electron chi connectivity index (χ1n) is 3.45. The van der Waals surface area contributed by atoms with E-state index in [1.165, 1.54) is 11.8 Å². The van der Waals surface area contributed by atoms with Crippen LogP contribution in [0, 0.1) is 11.8 Å². The van der Waals surface area contributed by atoms with Gasteiger partial charge in [-0.05, 0) is 18.3 Å². The van der Waals surface area contributed by atoms with Gasteiger partial charge in [-0.3, -0.25) is 0 Å². The van der Waals surface area contributed by atoms with Crippen LogP contribution in [0.25, 0.3) is 0 Å². The first-order chi connectivity index (χ1) is 3.45. The van der Waals surface area contributed by atoms with Gasteiger partial charge in [-0.2, -0.15) is 0 Å². The van der Waals surface area contributed by atoms with Gasteiger partial charge >= 0.3 is 0 Å². The normalized spacial score (nSPS) is 37.3. The predicted molar refractivity (Wildman–Crippen MR) is 43.5 cm³/mol. The molecule has 9 heavy (non-hydrogen) atoms. The molecule has 0 amide bonds. The van der Waals surface area contributed by atoms with Gasteiger partial charge in [0.15, 0.2) is 0 Å². The maximum Gasteiger partial charge on any atom is -0.0411 e. The third kappa shape index (κ3) is 1.47. The fourth-order valence-electron chi connectivity index (χ4n) is 2.17. The Bertz CT molecular complexity index is 58.1. The van der Waals surface area contributed by atoms with Crippen molar-refractivity contribution in [2.24, 2.45) is 11.8 Å². The number of hydrogen-bond acceptors (Lipinski definition) is 0. The molecule has 0 aromatic heterocycles. The van der Waals surface area contributed by atoms with Crippen molar-refractivity contribution in [3.05, 3.63) is 0 Å². The summed E-state index contributed by atoms with van der Waals surface area (Å²) in [4.78, 5) is 0. The Balaban J connectivity index is 0.000000320. The highest BCUT2D eigenvalue weighted by Gasteiger charge is 2.30. The second-order valence-corrected chi connectivity index (χ2v) is 3.12. The van der Waals surface area contributed by atoms with Gasteiger partial charge in [-0.25, -0.2) is 0 Å². The monoisotopic (exact) mass is 128 g/mol. The molecule has 0 radical (unpaired) electrons. The van der Waals surface area contributed by atoms with Crippen molar-refractivity contribution in [2.45, 2.75) is 47.0 Å². The minimum Gasteiger partial charge on any atom is -0.0776 e. The molecule has 2 aliphatic rings. The molecule has 2 fully saturated rings. The third-order valence-electron chi connectivity index (χ3n) is 2.63. The number of rotatable bonds is 0. The van der Waals surface area contributed by atoms with Crippen molar-refractivity contribution < 1.29 is 0 Å². The summed E-state index contributed by atoms with van der Waals surface area (Å²) in [6, 6.07) is 0. The Kier molecular flexibility index (Phi) is 3.24. The molecule has 0 N–H and O–H groups in total. The van der Waals surface area contributed by atoms with E-state index in [0.717, 1.165) is 0 Å². The molecule has 0 saturated heterocycles. The lowest BCUT2D eigenvalue weighted by atomic mass is 10.0. The molecule has 0 atom stereocenters. The quantitative estimate of drug-likeness (QED) is 0.468. The van der Waals surface area contributed by atoms with Crippen LogP contribution >= 0.6 is 0 Å². The molecule has 0 heterocycles. The van der Waals surface area contributed by atoms with Crippen molar-refractivity contribution in [1.29, 1.82) is 0 Å². The second-order valence-electron chi connectivity index (χ2n) is 3.12. The van der Waals surface area contributed by atoms with Crippen LogP contribution in [0.1, 0.15) is 47.0 Å². The van der Waals surface area contributed by atoms with Crippen molar-refractivity contribution >= 4 is 0 Å². The molecule has 0 spiro atoms. The summed E-state index contributed by atoms with van der Waals surface area (Å²) in [5, 5.41) is 0. The van der Waals surface area contributed by atoms with Crippen LogP contribution in [0.5, 0.6) is 0 Å². The molecular formula is C9H20. The Morgan fingerprint density at radius 1 is 0.667 bits per heavy atom. The summed E-state index contributed by atoms with van der Waals surface area (Å²) in [6.07, 6.45) is 7.82. The van der Waals surface area contributed by atoms with Crippen LogP contribution in [0.3, 0.4) is 0 Å². The van der Waals surface area contributed by atoms with E-state index in [2.05, 4.69) is 0 Å². The van der Waals surface area contributed by atoms with E-state index in [0.29, 0.717) is 0 Å². The zero-order valence-electron chi connectivity index (χ0n) is 4.69. The maximum absolute atomic E-state index is 1.58. The van der Waals surface area contributed by atoms with Crippen LogP contribution in [0.4, 0.5) is 0 Å². The van der Waals surface area contributed by atoms with Gasteiger partial charge in [0, 0.05) is 0 Å². The molecule has 2 saturated carbocycles. The Labute approximate surface area is 59.7 Å². The molecule has 2 rings (SSSR count). The van der Waals surface area contributed by atoms with E-state index in [1.54, 1.807) is 32.1 Å². The molecule has 0 unspecified atom stereocenters. The smallest absolute Gasteiger partial charge is 0.0411 e. The van der Waals surface area contributed by atoms with Crippen LogP contribution < -0.4 is 0 Å². The Hall–Kier alpha value is 0. The van der Waals surface area contributed by atoms with E-state index in [-0.39, 0.29) is 14.9 Å². The summed E-state index contributed by atoms with van der Waals surface area (Å²) in [5.41, 5.74) is 0. The standard InChI is InChI=1S/C7H12.2CH4/c1-2-7-4-3-6(1)5-7;;/h6-7H,1-5H2;2*1H4. The zero-order valence-corrected chi connectivity index (χ0v) is 4.69. The van der Waals surface area contributed by atoms with E-state index in [1.807, 2.05) is 0 Å². The Morgan fingerprint density at radius 2 is 1.00 bits per heavy atom. The zero-order chi connectivity index (χ0) is 4.69. The van der Waals surface area contributed by atoms with Crippen LogP contribution in [0.2, 0.25) is 0 Å². The highest BCUT2D eigenvalue weighted by Crippen LogP contribution is 2.43. The summed E-state index contributed by atoms with van der Waals surface area (Å²) in [5.74, 6) is 2.34. The molecule has 0 aromatic rings. The minimum absolute atomic E-state index is 0. The van der Waals surface area contributed by atoms with Gasteiger partial charge in [0.2, 0.25) is 0 Å². The fourth-order valence-corrected chi connectivity index (χ4v) is 2.17. The van der Waals surface area contributed by atoms with Gasteiger partial charge < -0.3 is 0 Å². The third-order valence-corrected chi connectivity index (χ3v) is 2.63. The van der Waals surface area contributed by atoms with Crippen molar-refractivity contribution in [2.75, 3.05) is 0 Å². The highest BCUT2D eigenvalue weighted by molar-refractivity contribution is 4.82. The van der Waals surface area contributed by atoms with Crippen molar-refractivity contribution in [3.8, 4) is 0 Å². The summed E-state index contributed by atoms with van der Waals surface area (Å²) < 4.78 is 0. The van der Waals surface area contributed by atoms with Gasteiger partial charge in [0.1, 0.15) is 0 Å². The molecule has 0 aromatic carbocycles. The van der Waals surface area contributed by atoms with Gasteiger partial charge in [0.25, 0.3) is 0 Å². The number of fused-ring (bicyclic) bond motifs is 2. The first kappa shape index (κ1) is 9.00. The maximum atomic E-state index is 1.58. The predicted octanol–water partition coefficient (Wildman–Crippen LogP) is 3.47. The molecule has 0 aliphatic heterocycles. The van der Waals surface area contributed by atoms with E-state index in [9.17, 15) is 0 Å². The average Bonchev–Trinajstić information content (AvgIpc) is 2.22. The fraction of sp³-hybridized carbons (Fsp3) is 1.00. The van der Waals surface area contributed by atoms with Crippen molar-refractivity contribution in [3.63, 3.8) is 0 Å². The first-order valence-corrected chi connectivity index (χ1v) is 3.45. The van der Waals surface area contributed by atoms with E-state index >= 15 is 0 Å². The summed E-state index contributed by atoms with van der Waals surface area (Å²) in [6.45, 7) is 0. The SMILES string of the molecule is C.C.C1CC2CCC1C2.